The zero-order valence-corrected chi connectivity index (χ0v) is 11.8. The predicted molar refractivity (Wildman–Crippen MR) is 76.5 cm³/mol. The van der Waals surface area contributed by atoms with Crippen molar-refractivity contribution in [3.8, 4) is 5.75 Å². The average molecular weight is 260 g/mol. The highest BCUT2D eigenvalue weighted by molar-refractivity contribution is 5.38. The number of benzene rings is 1. The molecular formula is C17H24O2. The Bertz CT molecular complexity index is 441. The standard InChI is InChI=1S/C17H24O2/c1-2-12-6-9-16(18)17(10-12)19-15-8-7-13-4-3-5-14(13)11-15/h7-8,11-12,16-18H,2-6,9-10H2,1H3. The van der Waals surface area contributed by atoms with Crippen molar-refractivity contribution in [2.24, 2.45) is 5.92 Å². The molecule has 3 atom stereocenters. The van der Waals surface area contributed by atoms with E-state index in [1.165, 1.54) is 36.8 Å². The van der Waals surface area contributed by atoms with E-state index in [2.05, 4.69) is 25.1 Å². The summed E-state index contributed by atoms with van der Waals surface area (Å²) in [4.78, 5) is 0. The minimum absolute atomic E-state index is 0.0156. The van der Waals surface area contributed by atoms with E-state index in [1.807, 2.05) is 0 Å². The van der Waals surface area contributed by atoms with E-state index in [-0.39, 0.29) is 12.2 Å². The van der Waals surface area contributed by atoms with Gasteiger partial charge in [-0.05, 0) is 67.7 Å². The molecule has 0 saturated heterocycles. The number of aryl methyl sites for hydroxylation is 2. The van der Waals surface area contributed by atoms with Crippen molar-refractivity contribution >= 4 is 0 Å². The molecule has 1 aromatic carbocycles. The summed E-state index contributed by atoms with van der Waals surface area (Å²) in [6.07, 6.45) is 7.55. The van der Waals surface area contributed by atoms with E-state index < -0.39 is 0 Å². The van der Waals surface area contributed by atoms with Gasteiger partial charge in [-0.2, -0.15) is 0 Å². The van der Waals surface area contributed by atoms with Crippen LogP contribution in [0.25, 0.3) is 0 Å². The minimum atomic E-state index is -0.295. The number of ether oxygens (including phenoxy) is 1. The van der Waals surface area contributed by atoms with Crippen LogP contribution in [0.1, 0.15) is 50.2 Å². The summed E-state index contributed by atoms with van der Waals surface area (Å²) in [5, 5.41) is 10.1. The monoisotopic (exact) mass is 260 g/mol. The molecule has 3 unspecified atom stereocenters. The maximum Gasteiger partial charge on any atom is 0.125 e. The molecule has 104 valence electrons. The van der Waals surface area contributed by atoms with E-state index >= 15 is 0 Å². The fourth-order valence-corrected chi connectivity index (χ4v) is 3.49. The Kier molecular flexibility index (Phi) is 3.79. The molecule has 0 aromatic heterocycles. The van der Waals surface area contributed by atoms with Gasteiger partial charge in [-0.15, -0.1) is 0 Å². The summed E-state index contributed by atoms with van der Waals surface area (Å²) in [5.41, 5.74) is 2.91. The number of aliphatic hydroxyl groups is 1. The third-order valence-corrected chi connectivity index (χ3v) is 4.80. The van der Waals surface area contributed by atoms with Crippen molar-refractivity contribution in [1.29, 1.82) is 0 Å². The summed E-state index contributed by atoms with van der Waals surface area (Å²) in [5.74, 6) is 1.66. The van der Waals surface area contributed by atoms with Gasteiger partial charge in [0.2, 0.25) is 0 Å². The summed E-state index contributed by atoms with van der Waals surface area (Å²) in [6, 6.07) is 6.46. The van der Waals surface area contributed by atoms with E-state index in [4.69, 9.17) is 4.74 Å². The summed E-state index contributed by atoms with van der Waals surface area (Å²) >= 11 is 0. The van der Waals surface area contributed by atoms with Crippen LogP contribution in [0.4, 0.5) is 0 Å². The lowest BCUT2D eigenvalue weighted by Gasteiger charge is -2.33. The topological polar surface area (TPSA) is 29.5 Å². The fourth-order valence-electron chi connectivity index (χ4n) is 3.49. The molecule has 2 aliphatic carbocycles. The molecule has 0 amide bonds. The van der Waals surface area contributed by atoms with Gasteiger partial charge >= 0.3 is 0 Å². The molecule has 0 radical (unpaired) electrons. The number of hydrogen-bond acceptors (Lipinski definition) is 2. The Labute approximate surface area is 115 Å². The van der Waals surface area contributed by atoms with E-state index in [0.717, 1.165) is 25.0 Å². The largest absolute Gasteiger partial charge is 0.488 e. The molecule has 19 heavy (non-hydrogen) atoms. The van der Waals surface area contributed by atoms with Crippen LogP contribution in [-0.2, 0) is 12.8 Å². The second-order valence-corrected chi connectivity index (χ2v) is 6.10. The molecule has 1 N–H and O–H groups in total. The molecule has 0 bridgehead atoms. The second kappa shape index (κ2) is 5.54. The van der Waals surface area contributed by atoms with Crippen molar-refractivity contribution in [3.63, 3.8) is 0 Å². The number of aliphatic hydroxyl groups excluding tert-OH is 1. The number of rotatable bonds is 3. The van der Waals surface area contributed by atoms with Crippen LogP contribution in [0.3, 0.4) is 0 Å². The first kappa shape index (κ1) is 13.0. The van der Waals surface area contributed by atoms with E-state index in [9.17, 15) is 5.11 Å². The highest BCUT2D eigenvalue weighted by Gasteiger charge is 2.30. The van der Waals surface area contributed by atoms with Gasteiger partial charge in [-0.3, -0.25) is 0 Å². The van der Waals surface area contributed by atoms with Crippen LogP contribution >= 0.6 is 0 Å². The lowest BCUT2D eigenvalue weighted by atomic mass is 9.84. The normalized spacial score (nSPS) is 30.1. The van der Waals surface area contributed by atoms with Crippen LogP contribution in [0, 0.1) is 5.92 Å². The van der Waals surface area contributed by atoms with E-state index in [1.54, 1.807) is 0 Å². The molecule has 2 aliphatic rings. The molecule has 0 heterocycles. The number of fused-ring (bicyclic) bond motifs is 1. The van der Waals surface area contributed by atoms with Gasteiger partial charge in [-0.1, -0.05) is 19.4 Å². The van der Waals surface area contributed by atoms with Crippen LogP contribution in [0.5, 0.6) is 5.75 Å². The van der Waals surface area contributed by atoms with Gasteiger partial charge in [-0.25, -0.2) is 0 Å². The molecule has 0 aliphatic heterocycles. The van der Waals surface area contributed by atoms with Crippen LogP contribution in [0.2, 0.25) is 0 Å². The zero-order valence-electron chi connectivity index (χ0n) is 11.8. The minimum Gasteiger partial charge on any atom is -0.488 e. The molecular weight excluding hydrogens is 236 g/mol. The Balaban J connectivity index is 1.69. The first-order chi connectivity index (χ1) is 9.26. The van der Waals surface area contributed by atoms with Gasteiger partial charge in [0.05, 0.1) is 6.10 Å². The van der Waals surface area contributed by atoms with Crippen LogP contribution in [0.15, 0.2) is 18.2 Å². The molecule has 1 saturated carbocycles. The third-order valence-electron chi connectivity index (χ3n) is 4.80. The predicted octanol–water partition coefficient (Wildman–Crippen LogP) is 3.49. The van der Waals surface area contributed by atoms with Gasteiger partial charge in [0.15, 0.2) is 0 Å². The molecule has 1 fully saturated rings. The maximum absolute atomic E-state index is 10.1. The van der Waals surface area contributed by atoms with Crippen LogP contribution < -0.4 is 4.74 Å². The van der Waals surface area contributed by atoms with Gasteiger partial charge < -0.3 is 9.84 Å². The first-order valence-corrected chi connectivity index (χ1v) is 7.72. The molecule has 2 heteroatoms. The van der Waals surface area contributed by atoms with Crippen molar-refractivity contribution in [2.45, 2.75) is 64.1 Å². The number of hydrogen-bond donors (Lipinski definition) is 1. The fraction of sp³-hybridized carbons (Fsp3) is 0.647. The third kappa shape index (κ3) is 2.79. The van der Waals surface area contributed by atoms with Gasteiger partial charge in [0, 0.05) is 0 Å². The van der Waals surface area contributed by atoms with Crippen molar-refractivity contribution in [1.82, 2.24) is 0 Å². The van der Waals surface area contributed by atoms with E-state index in [0.29, 0.717) is 5.92 Å². The lowest BCUT2D eigenvalue weighted by molar-refractivity contribution is -0.0109. The lowest BCUT2D eigenvalue weighted by Crippen LogP contribution is -2.38. The van der Waals surface area contributed by atoms with Crippen LogP contribution in [-0.4, -0.2) is 17.3 Å². The van der Waals surface area contributed by atoms with Gasteiger partial charge in [0.1, 0.15) is 11.9 Å². The Morgan fingerprint density at radius 2 is 2.05 bits per heavy atom. The smallest absolute Gasteiger partial charge is 0.125 e. The van der Waals surface area contributed by atoms with Crippen molar-refractivity contribution < 1.29 is 9.84 Å². The quantitative estimate of drug-likeness (QED) is 0.901. The Morgan fingerprint density at radius 1 is 1.21 bits per heavy atom. The first-order valence-electron chi connectivity index (χ1n) is 7.72. The van der Waals surface area contributed by atoms with Crippen molar-refractivity contribution in [3.05, 3.63) is 29.3 Å². The molecule has 2 nitrogen and oxygen atoms in total. The second-order valence-electron chi connectivity index (χ2n) is 6.10. The van der Waals surface area contributed by atoms with Gasteiger partial charge in [0.25, 0.3) is 0 Å². The van der Waals surface area contributed by atoms with Crippen molar-refractivity contribution in [2.75, 3.05) is 0 Å². The highest BCUT2D eigenvalue weighted by Crippen LogP contribution is 2.32. The summed E-state index contributed by atoms with van der Waals surface area (Å²) in [6.45, 7) is 2.23. The molecule has 0 spiro atoms. The Hall–Kier alpha value is -1.02. The summed E-state index contributed by atoms with van der Waals surface area (Å²) in [7, 11) is 0. The Morgan fingerprint density at radius 3 is 2.89 bits per heavy atom. The highest BCUT2D eigenvalue weighted by atomic mass is 16.5. The molecule has 3 rings (SSSR count). The summed E-state index contributed by atoms with van der Waals surface area (Å²) < 4.78 is 6.07. The molecule has 1 aromatic rings. The SMILES string of the molecule is CCC1CCC(O)C(Oc2ccc3c(c2)CCC3)C1. The average Bonchev–Trinajstić information content (AvgIpc) is 2.89. The maximum atomic E-state index is 10.1. The zero-order chi connectivity index (χ0) is 13.2.